The average Bonchev–Trinajstić information content (AvgIpc) is 3.64. The molecule has 10 heteroatoms. The molecular formula is C26H27N9O. The van der Waals surface area contributed by atoms with Crippen molar-refractivity contribution in [3.05, 3.63) is 101 Å². The van der Waals surface area contributed by atoms with Gasteiger partial charge < -0.3 is 20.6 Å². The van der Waals surface area contributed by atoms with Crippen LogP contribution < -0.4 is 11.2 Å². The van der Waals surface area contributed by atoms with Gasteiger partial charge in [-0.15, -0.1) is 0 Å². The number of H-pyrrole nitrogens is 1. The standard InChI is InChI=1S/C26H27N9O/c1-16-4-3-9-35-23(16)12-22(32-35)25-24-21(29-15-30-24)8-11-34(25)26(36)18(13-27)20-6-5-17(14-28-20)19-7-10-33(2)31-19/h3-7,9-10,12-15,19,25,31H,8,11,27H2,1-2H3,(H,29,30)/b18-13+. The Labute approximate surface area is 208 Å². The van der Waals surface area contributed by atoms with Crippen LogP contribution in [0.15, 0.2) is 67.5 Å². The summed E-state index contributed by atoms with van der Waals surface area (Å²) in [6.07, 6.45) is 11.4. The smallest absolute Gasteiger partial charge is 0.258 e. The molecule has 1 amide bonds. The summed E-state index contributed by atoms with van der Waals surface area (Å²) < 4.78 is 1.84. The molecule has 0 radical (unpaired) electrons. The molecule has 0 spiro atoms. The van der Waals surface area contributed by atoms with Gasteiger partial charge in [-0.05, 0) is 42.3 Å². The molecule has 182 valence electrons. The first-order chi connectivity index (χ1) is 17.5. The summed E-state index contributed by atoms with van der Waals surface area (Å²) >= 11 is 0. The molecule has 36 heavy (non-hydrogen) atoms. The van der Waals surface area contributed by atoms with E-state index in [1.54, 1.807) is 17.4 Å². The van der Waals surface area contributed by atoms with E-state index in [4.69, 9.17) is 10.8 Å². The number of aryl methyl sites for hydroxylation is 1. The number of nitrogens with one attached hydrogen (secondary N) is 2. The minimum Gasteiger partial charge on any atom is -0.404 e. The fourth-order valence-corrected chi connectivity index (χ4v) is 4.98. The highest BCUT2D eigenvalue weighted by Crippen LogP contribution is 2.35. The Morgan fingerprint density at radius 3 is 2.86 bits per heavy atom. The van der Waals surface area contributed by atoms with Crippen molar-refractivity contribution >= 4 is 17.0 Å². The third-order valence-corrected chi connectivity index (χ3v) is 6.86. The van der Waals surface area contributed by atoms with Crippen LogP contribution in [0.4, 0.5) is 0 Å². The van der Waals surface area contributed by atoms with Gasteiger partial charge in [0.05, 0.1) is 40.5 Å². The largest absolute Gasteiger partial charge is 0.404 e. The predicted molar refractivity (Wildman–Crippen MR) is 135 cm³/mol. The van der Waals surface area contributed by atoms with Crippen LogP contribution >= 0.6 is 0 Å². The fraction of sp³-hybridized carbons (Fsp3) is 0.231. The first-order valence-corrected chi connectivity index (χ1v) is 11.9. The molecular weight excluding hydrogens is 454 g/mol. The molecule has 2 atom stereocenters. The van der Waals surface area contributed by atoms with Gasteiger partial charge in [0.2, 0.25) is 0 Å². The molecule has 0 aromatic carbocycles. The zero-order valence-corrected chi connectivity index (χ0v) is 20.1. The SMILES string of the molecule is Cc1cccn2nc(C3c4nc[nH]c4CCN3C(=O)/C(=C/N)c3ccc(C4C=CN(C)N4)cn3)cc12. The second-order valence-corrected chi connectivity index (χ2v) is 9.12. The van der Waals surface area contributed by atoms with E-state index in [1.165, 1.54) is 6.20 Å². The minimum atomic E-state index is -0.440. The Hall–Kier alpha value is -4.44. The number of amides is 1. The molecule has 0 fully saturated rings. The first-order valence-electron chi connectivity index (χ1n) is 11.9. The Kier molecular flexibility index (Phi) is 5.30. The molecule has 6 heterocycles. The van der Waals surface area contributed by atoms with Crippen LogP contribution in [0.25, 0.3) is 11.1 Å². The van der Waals surface area contributed by atoms with E-state index < -0.39 is 6.04 Å². The molecule has 4 aromatic heterocycles. The summed E-state index contributed by atoms with van der Waals surface area (Å²) in [5, 5.41) is 6.71. The van der Waals surface area contributed by atoms with Crippen LogP contribution in [0.3, 0.4) is 0 Å². The van der Waals surface area contributed by atoms with Gasteiger partial charge in [0.15, 0.2) is 0 Å². The molecule has 2 aliphatic rings. The number of carbonyl (C=O) groups excluding carboxylic acids is 1. The van der Waals surface area contributed by atoms with Crippen LogP contribution in [0.5, 0.6) is 0 Å². The maximum absolute atomic E-state index is 13.9. The minimum absolute atomic E-state index is 0.0422. The summed E-state index contributed by atoms with van der Waals surface area (Å²) in [5.41, 5.74) is 15.9. The molecule has 4 N–H and O–H groups in total. The number of rotatable bonds is 4. The number of aromatic amines is 1. The molecule has 0 saturated heterocycles. The van der Waals surface area contributed by atoms with Crippen molar-refractivity contribution in [2.45, 2.75) is 25.4 Å². The summed E-state index contributed by atoms with van der Waals surface area (Å²) in [6, 6.07) is 9.44. The van der Waals surface area contributed by atoms with Gasteiger partial charge in [-0.1, -0.05) is 12.1 Å². The summed E-state index contributed by atoms with van der Waals surface area (Å²) in [6.45, 7) is 2.55. The van der Waals surface area contributed by atoms with Crippen molar-refractivity contribution in [1.29, 1.82) is 0 Å². The van der Waals surface area contributed by atoms with E-state index in [-0.39, 0.29) is 11.9 Å². The summed E-state index contributed by atoms with van der Waals surface area (Å²) in [4.78, 5) is 28.1. The van der Waals surface area contributed by atoms with Crippen molar-refractivity contribution in [3.63, 3.8) is 0 Å². The molecule has 6 rings (SSSR count). The summed E-state index contributed by atoms with van der Waals surface area (Å²) in [7, 11) is 1.94. The molecule has 2 aliphatic heterocycles. The highest BCUT2D eigenvalue weighted by atomic mass is 16.2. The van der Waals surface area contributed by atoms with Gasteiger partial charge in [-0.25, -0.2) is 14.9 Å². The van der Waals surface area contributed by atoms with Gasteiger partial charge in [-0.3, -0.25) is 9.78 Å². The van der Waals surface area contributed by atoms with Gasteiger partial charge in [0, 0.05) is 50.5 Å². The van der Waals surface area contributed by atoms with Crippen LogP contribution in [-0.2, 0) is 11.2 Å². The lowest BCUT2D eigenvalue weighted by Crippen LogP contribution is -2.41. The number of nitrogens with two attached hydrogens (primary N) is 1. The number of hydrogen-bond acceptors (Lipinski definition) is 7. The zero-order chi connectivity index (χ0) is 24.8. The van der Waals surface area contributed by atoms with E-state index in [0.717, 1.165) is 33.7 Å². The molecule has 2 unspecified atom stereocenters. The van der Waals surface area contributed by atoms with E-state index >= 15 is 0 Å². The highest BCUT2D eigenvalue weighted by molar-refractivity contribution is 6.19. The van der Waals surface area contributed by atoms with Crippen LogP contribution in [0.1, 0.15) is 46.0 Å². The zero-order valence-electron chi connectivity index (χ0n) is 20.1. The first kappa shape index (κ1) is 22.1. The van der Waals surface area contributed by atoms with Crippen molar-refractivity contribution in [1.82, 2.24) is 39.9 Å². The third kappa shape index (κ3) is 3.62. The van der Waals surface area contributed by atoms with Gasteiger partial charge in [0.1, 0.15) is 6.04 Å². The fourth-order valence-electron chi connectivity index (χ4n) is 4.98. The number of aromatic nitrogens is 5. The van der Waals surface area contributed by atoms with Gasteiger partial charge >= 0.3 is 0 Å². The number of pyridine rings is 2. The maximum atomic E-state index is 13.9. The van der Waals surface area contributed by atoms with E-state index in [0.29, 0.717) is 24.2 Å². The predicted octanol–water partition coefficient (Wildman–Crippen LogP) is 2.24. The molecule has 10 nitrogen and oxygen atoms in total. The number of imidazole rings is 1. The third-order valence-electron chi connectivity index (χ3n) is 6.86. The van der Waals surface area contributed by atoms with Crippen LogP contribution in [0.2, 0.25) is 0 Å². The van der Waals surface area contributed by atoms with Crippen molar-refractivity contribution in [2.75, 3.05) is 13.6 Å². The quantitative estimate of drug-likeness (QED) is 0.382. The van der Waals surface area contributed by atoms with Gasteiger partial charge in [0.25, 0.3) is 5.91 Å². The van der Waals surface area contributed by atoms with Gasteiger partial charge in [-0.2, -0.15) is 5.10 Å². The maximum Gasteiger partial charge on any atom is 0.258 e. The lowest BCUT2D eigenvalue weighted by Gasteiger charge is -2.34. The Morgan fingerprint density at radius 1 is 1.25 bits per heavy atom. The number of fused-ring (bicyclic) bond motifs is 2. The Morgan fingerprint density at radius 2 is 2.14 bits per heavy atom. The normalized spacial score (nSPS) is 19.8. The molecule has 4 aromatic rings. The van der Waals surface area contributed by atoms with E-state index in [2.05, 4.69) is 26.5 Å². The van der Waals surface area contributed by atoms with E-state index in [9.17, 15) is 4.79 Å². The highest BCUT2D eigenvalue weighted by Gasteiger charge is 2.37. The number of hydrogen-bond donors (Lipinski definition) is 3. The van der Waals surface area contributed by atoms with Crippen molar-refractivity contribution in [2.24, 2.45) is 5.73 Å². The molecule has 0 saturated carbocycles. The van der Waals surface area contributed by atoms with E-state index in [1.807, 2.05) is 66.2 Å². The van der Waals surface area contributed by atoms with Crippen LogP contribution in [-0.4, -0.2) is 54.0 Å². The summed E-state index contributed by atoms with van der Waals surface area (Å²) in [5.74, 6) is -0.205. The number of nitrogens with zero attached hydrogens (tertiary/aromatic N) is 6. The van der Waals surface area contributed by atoms with Crippen molar-refractivity contribution < 1.29 is 4.79 Å². The average molecular weight is 482 g/mol. The Balaban J connectivity index is 1.35. The van der Waals surface area contributed by atoms with Crippen molar-refractivity contribution in [3.8, 4) is 0 Å². The molecule has 0 aliphatic carbocycles. The lowest BCUT2D eigenvalue weighted by atomic mass is 9.97. The number of hydrazine groups is 1. The molecule has 0 bridgehead atoms. The lowest BCUT2D eigenvalue weighted by molar-refractivity contribution is -0.127. The Bertz CT molecular complexity index is 1500. The second kappa shape index (κ2) is 8.65. The monoisotopic (exact) mass is 481 g/mol. The van der Waals surface area contributed by atoms with Crippen LogP contribution in [0, 0.1) is 6.92 Å². The second-order valence-electron chi connectivity index (χ2n) is 9.12. The number of carbonyl (C=O) groups is 1. The topological polar surface area (TPSA) is 120 Å².